The van der Waals surface area contributed by atoms with Gasteiger partial charge in [0.05, 0.1) is 14.4 Å². The lowest BCUT2D eigenvalue weighted by Crippen LogP contribution is -2.31. The number of hydrogen-bond donors (Lipinski definition) is 0. The molecule has 1 atom stereocenters. The van der Waals surface area contributed by atoms with Gasteiger partial charge in [-0.15, -0.1) is 0 Å². The van der Waals surface area contributed by atoms with Crippen molar-refractivity contribution in [2.45, 2.75) is 213 Å². The van der Waals surface area contributed by atoms with Gasteiger partial charge in [0.25, 0.3) is 0 Å². The van der Waals surface area contributed by atoms with Gasteiger partial charge in [0.1, 0.15) is 6.61 Å². The van der Waals surface area contributed by atoms with Crippen molar-refractivity contribution in [3.8, 4) is 0 Å². The highest BCUT2D eigenvalue weighted by molar-refractivity contribution is 7.43. The molecule has 0 aromatic heterocycles. The largest absolute Gasteiger partial charge is 0.790 e. The molecule has 8 nitrogen and oxygen atoms in total. The highest BCUT2D eigenvalue weighted by Crippen LogP contribution is 2.25. The van der Waals surface area contributed by atoms with E-state index in [9.17, 15) is 23.9 Å². The summed E-state index contributed by atoms with van der Waals surface area (Å²) in [4.78, 5) is 46.5. The van der Waals surface area contributed by atoms with Gasteiger partial charge in [-0.2, -0.15) is 0 Å². The number of carbonyl (C=O) groups is 2. The van der Waals surface area contributed by atoms with Crippen LogP contribution >= 0.6 is 7.82 Å². The summed E-state index contributed by atoms with van der Waals surface area (Å²) in [6, 6.07) is 0. The van der Waals surface area contributed by atoms with Crippen LogP contribution in [0, 0.1) is 0 Å². The lowest BCUT2D eigenvalue weighted by Gasteiger charge is -2.30. The Morgan fingerprint density at radius 1 is 0.521 bits per heavy atom. The molecule has 0 amide bonds. The van der Waals surface area contributed by atoms with Gasteiger partial charge >= 0.3 is 11.9 Å². The van der Waals surface area contributed by atoms with E-state index in [1.807, 2.05) is 0 Å². The van der Waals surface area contributed by atoms with Crippen molar-refractivity contribution in [3.05, 3.63) is 12.2 Å². The molecule has 284 valence electrons. The van der Waals surface area contributed by atoms with E-state index < -0.39 is 32.5 Å². The SMILES string of the molecule is CCCCCCCC/C=C\CCCCCCCC(=O)O[C@H](COC(=O)CCCCCCCCCCCCCCCCC)COP(=O)([O-])[O-]. The maximum Gasteiger partial charge on any atom is 0.306 e. The quantitative estimate of drug-likeness (QED) is 0.0271. The van der Waals surface area contributed by atoms with E-state index in [0.29, 0.717) is 12.8 Å². The normalized spacial score (nSPS) is 12.5. The monoisotopic (exact) mass is 701 g/mol. The molecule has 0 aliphatic rings. The van der Waals surface area contributed by atoms with Crippen molar-refractivity contribution in [3.63, 3.8) is 0 Å². The van der Waals surface area contributed by atoms with E-state index in [2.05, 4.69) is 30.5 Å². The molecule has 0 aliphatic carbocycles. The van der Waals surface area contributed by atoms with Crippen molar-refractivity contribution >= 4 is 19.8 Å². The number of phosphoric acid groups is 1. The second-order valence-electron chi connectivity index (χ2n) is 13.6. The minimum atomic E-state index is -5.25. The summed E-state index contributed by atoms with van der Waals surface area (Å²) >= 11 is 0. The Morgan fingerprint density at radius 2 is 0.875 bits per heavy atom. The van der Waals surface area contributed by atoms with Crippen LogP contribution in [0.1, 0.15) is 206 Å². The topological polar surface area (TPSA) is 125 Å². The van der Waals surface area contributed by atoms with Crippen LogP contribution in [0.3, 0.4) is 0 Å². The second kappa shape index (κ2) is 35.6. The zero-order chi connectivity index (χ0) is 35.4. The molecule has 0 spiro atoms. The Hall–Kier alpha value is -1.21. The molecule has 0 heterocycles. The molecule has 0 saturated carbocycles. The van der Waals surface area contributed by atoms with E-state index in [1.165, 1.54) is 122 Å². The highest BCUT2D eigenvalue weighted by atomic mass is 31.2. The molecule has 0 rings (SSSR count). The van der Waals surface area contributed by atoms with E-state index in [4.69, 9.17) is 9.47 Å². The fourth-order valence-electron chi connectivity index (χ4n) is 5.77. The molecule has 0 saturated heterocycles. The van der Waals surface area contributed by atoms with Crippen molar-refractivity contribution in [2.75, 3.05) is 13.2 Å². The van der Waals surface area contributed by atoms with Crippen LogP contribution in [0.4, 0.5) is 0 Å². The third-order valence-electron chi connectivity index (χ3n) is 8.77. The van der Waals surface area contributed by atoms with Gasteiger partial charge in [-0.25, -0.2) is 0 Å². The number of phosphoric ester groups is 1. The number of allylic oxidation sites excluding steroid dienone is 2. The maximum absolute atomic E-state index is 12.3. The molecule has 0 bridgehead atoms. The third-order valence-corrected chi connectivity index (χ3v) is 9.24. The molecule has 48 heavy (non-hydrogen) atoms. The first-order valence-electron chi connectivity index (χ1n) is 19.9. The minimum absolute atomic E-state index is 0.175. The first-order chi connectivity index (χ1) is 23.3. The number of ether oxygens (including phenoxy) is 2. The number of hydrogen-bond acceptors (Lipinski definition) is 8. The van der Waals surface area contributed by atoms with Gasteiger partial charge in [-0.1, -0.05) is 167 Å². The molecular weight excluding hydrogens is 627 g/mol. The Morgan fingerprint density at radius 3 is 1.27 bits per heavy atom. The van der Waals surface area contributed by atoms with Crippen LogP contribution in [-0.4, -0.2) is 31.3 Å². The van der Waals surface area contributed by atoms with Gasteiger partial charge in [-0.05, 0) is 38.5 Å². The van der Waals surface area contributed by atoms with Crippen LogP contribution in [0.25, 0.3) is 0 Å². The summed E-state index contributed by atoms with van der Waals surface area (Å²) in [5.41, 5.74) is 0. The summed E-state index contributed by atoms with van der Waals surface area (Å²) in [5, 5.41) is 0. The molecular formula is C39H73O8P-2. The summed E-state index contributed by atoms with van der Waals surface area (Å²) < 4.78 is 25.8. The van der Waals surface area contributed by atoms with Crippen molar-refractivity contribution in [1.29, 1.82) is 0 Å². The van der Waals surface area contributed by atoms with Gasteiger partial charge in [0, 0.05) is 12.8 Å². The predicted octanol–water partition coefficient (Wildman–Crippen LogP) is 10.6. The van der Waals surface area contributed by atoms with E-state index >= 15 is 0 Å². The average Bonchev–Trinajstić information content (AvgIpc) is 3.05. The predicted molar refractivity (Wildman–Crippen MR) is 193 cm³/mol. The fourth-order valence-corrected chi connectivity index (χ4v) is 6.12. The van der Waals surface area contributed by atoms with Gasteiger partial charge in [0.15, 0.2) is 6.10 Å². The summed E-state index contributed by atoms with van der Waals surface area (Å²) in [6.07, 6.45) is 37.4. The van der Waals surface area contributed by atoms with Gasteiger partial charge in [0.2, 0.25) is 0 Å². The Bertz CT molecular complexity index is 797. The molecule has 0 aromatic carbocycles. The van der Waals surface area contributed by atoms with E-state index in [0.717, 1.165) is 44.9 Å². The van der Waals surface area contributed by atoms with Crippen LogP contribution in [-0.2, 0) is 28.2 Å². The number of carbonyl (C=O) groups excluding carboxylic acids is 2. The maximum atomic E-state index is 12.3. The van der Waals surface area contributed by atoms with Crippen molar-refractivity contribution in [2.24, 2.45) is 0 Å². The number of unbranched alkanes of at least 4 members (excludes halogenated alkanes) is 25. The van der Waals surface area contributed by atoms with Crippen molar-refractivity contribution < 1.29 is 37.9 Å². The zero-order valence-electron chi connectivity index (χ0n) is 31.1. The molecule has 0 radical (unpaired) electrons. The van der Waals surface area contributed by atoms with Crippen LogP contribution in [0.2, 0.25) is 0 Å². The molecule has 0 unspecified atom stereocenters. The minimum Gasteiger partial charge on any atom is -0.790 e. The molecule has 0 aromatic rings. The third kappa shape index (κ3) is 37.6. The molecule has 0 aliphatic heterocycles. The first kappa shape index (κ1) is 46.8. The van der Waals surface area contributed by atoms with Crippen molar-refractivity contribution in [1.82, 2.24) is 0 Å². The summed E-state index contributed by atoms with van der Waals surface area (Å²) in [5.74, 6) is -0.957. The average molecular weight is 701 g/mol. The zero-order valence-corrected chi connectivity index (χ0v) is 32.0. The van der Waals surface area contributed by atoms with E-state index in [-0.39, 0.29) is 19.4 Å². The smallest absolute Gasteiger partial charge is 0.306 e. The number of esters is 2. The standard InChI is InChI=1S/C39H75O8P/c1-3-5-7-9-11-13-15-17-19-21-23-25-27-29-31-33-38(40)45-35-37(36-46-48(42,43)44)47-39(41)34-32-30-28-26-24-22-20-18-16-14-12-10-8-6-4-2/h18,20,37H,3-17,19,21-36H2,1-2H3,(H2,42,43,44)/p-2/b20-18-/t37-/m1/s1. The van der Waals surface area contributed by atoms with Crippen LogP contribution in [0.5, 0.6) is 0 Å². The highest BCUT2D eigenvalue weighted by Gasteiger charge is 2.18. The van der Waals surface area contributed by atoms with Crippen LogP contribution < -0.4 is 9.79 Å². The van der Waals surface area contributed by atoms with Gasteiger partial charge in [-0.3, -0.25) is 9.59 Å². The Labute approximate surface area is 295 Å². The van der Waals surface area contributed by atoms with Gasteiger partial charge < -0.3 is 28.3 Å². The van der Waals surface area contributed by atoms with E-state index in [1.54, 1.807) is 0 Å². The molecule has 0 fully saturated rings. The summed E-state index contributed by atoms with van der Waals surface area (Å²) in [7, 11) is -5.25. The first-order valence-corrected chi connectivity index (χ1v) is 21.4. The number of rotatable bonds is 37. The lowest BCUT2D eigenvalue weighted by atomic mass is 10.0. The molecule has 0 N–H and O–H groups in total. The summed E-state index contributed by atoms with van der Waals surface area (Å²) in [6.45, 7) is 3.50. The fraction of sp³-hybridized carbons (Fsp3) is 0.897. The Balaban J connectivity index is 3.92. The molecule has 9 heteroatoms. The second-order valence-corrected chi connectivity index (χ2v) is 14.7. The Kier molecular flexibility index (Phi) is 34.7. The van der Waals surface area contributed by atoms with Crippen LogP contribution in [0.15, 0.2) is 12.2 Å². The lowest BCUT2D eigenvalue weighted by molar-refractivity contribution is -0.343.